The minimum Gasteiger partial charge on any atom is -0.497 e. The fourth-order valence-electron chi connectivity index (χ4n) is 3.57. The number of hydrogen-bond acceptors (Lipinski definition) is 3. The second-order valence-corrected chi connectivity index (χ2v) is 8.08. The Morgan fingerprint density at radius 1 is 1.00 bits per heavy atom. The number of carbonyl (C=O) groups is 1. The molecule has 0 spiro atoms. The first kappa shape index (κ1) is 21.0. The Bertz CT molecular complexity index is 1150. The molecule has 0 radical (unpaired) electrons. The van der Waals surface area contributed by atoms with Gasteiger partial charge in [0.1, 0.15) is 11.5 Å². The van der Waals surface area contributed by atoms with Crippen LogP contribution in [0.1, 0.15) is 17.0 Å². The Hall–Kier alpha value is -3.25. The average molecular weight is 479 g/mol. The zero-order valence-electron chi connectivity index (χ0n) is 17.1. The number of H-pyrrole nitrogens is 1. The maximum absolute atomic E-state index is 12.5. The molecular weight excluding hydrogens is 456 g/mol. The van der Waals surface area contributed by atoms with Gasteiger partial charge in [-0.05, 0) is 53.6 Å². The van der Waals surface area contributed by atoms with Gasteiger partial charge in [0.15, 0.2) is 6.61 Å². The van der Waals surface area contributed by atoms with Crippen LogP contribution in [0.25, 0.3) is 10.9 Å². The third-order valence-corrected chi connectivity index (χ3v) is 5.73. The van der Waals surface area contributed by atoms with E-state index in [0.717, 1.165) is 32.3 Å². The monoisotopic (exact) mass is 478 g/mol. The summed E-state index contributed by atoms with van der Waals surface area (Å²) in [5.41, 5.74) is 3.35. The number of carbonyl (C=O) groups excluding carboxylic acids is 1. The average Bonchev–Trinajstić information content (AvgIpc) is 3.23. The van der Waals surface area contributed by atoms with Crippen molar-refractivity contribution in [3.63, 3.8) is 0 Å². The molecule has 0 unspecified atom stereocenters. The van der Waals surface area contributed by atoms with Gasteiger partial charge in [0.25, 0.3) is 5.91 Å². The van der Waals surface area contributed by atoms with Crippen LogP contribution in [0.15, 0.2) is 83.5 Å². The van der Waals surface area contributed by atoms with E-state index in [0.29, 0.717) is 12.3 Å². The summed E-state index contributed by atoms with van der Waals surface area (Å²) >= 11 is 3.50. The number of para-hydroxylation sites is 1. The molecule has 0 saturated carbocycles. The third-order valence-electron chi connectivity index (χ3n) is 5.20. The number of fused-ring (bicyclic) bond motifs is 1. The second-order valence-electron chi connectivity index (χ2n) is 7.16. The first-order valence-electron chi connectivity index (χ1n) is 9.99. The highest BCUT2D eigenvalue weighted by Gasteiger charge is 2.19. The van der Waals surface area contributed by atoms with E-state index < -0.39 is 0 Å². The van der Waals surface area contributed by atoms with Crippen LogP contribution < -0.4 is 14.8 Å². The van der Waals surface area contributed by atoms with Gasteiger partial charge in [0.05, 0.1) is 7.11 Å². The lowest BCUT2D eigenvalue weighted by Crippen LogP contribution is -2.32. The van der Waals surface area contributed by atoms with Crippen LogP contribution in [-0.4, -0.2) is 31.2 Å². The molecule has 4 rings (SSSR count). The van der Waals surface area contributed by atoms with Gasteiger partial charge >= 0.3 is 0 Å². The summed E-state index contributed by atoms with van der Waals surface area (Å²) in [5, 5.41) is 4.18. The van der Waals surface area contributed by atoms with E-state index in [2.05, 4.69) is 50.5 Å². The van der Waals surface area contributed by atoms with E-state index in [1.807, 2.05) is 30.5 Å². The van der Waals surface area contributed by atoms with Crippen LogP contribution in [0.4, 0.5) is 0 Å². The molecule has 158 valence electrons. The molecule has 1 heterocycles. The number of methoxy groups -OCH3 is 1. The molecule has 5 nitrogen and oxygen atoms in total. The predicted octanol–water partition coefficient (Wildman–Crippen LogP) is 5.27. The smallest absolute Gasteiger partial charge is 0.257 e. The highest BCUT2D eigenvalue weighted by molar-refractivity contribution is 9.10. The summed E-state index contributed by atoms with van der Waals surface area (Å²) in [6, 6.07) is 23.5. The molecule has 0 aliphatic rings. The summed E-state index contributed by atoms with van der Waals surface area (Å²) in [7, 11) is 1.61. The summed E-state index contributed by atoms with van der Waals surface area (Å²) in [4.78, 5) is 15.8. The number of aromatic nitrogens is 1. The lowest BCUT2D eigenvalue weighted by atomic mass is 9.91. The van der Waals surface area contributed by atoms with E-state index >= 15 is 0 Å². The van der Waals surface area contributed by atoms with E-state index in [-0.39, 0.29) is 18.4 Å². The Kier molecular flexibility index (Phi) is 6.57. The molecule has 0 fully saturated rings. The van der Waals surface area contributed by atoms with Crippen molar-refractivity contribution >= 4 is 32.7 Å². The third kappa shape index (κ3) is 5.09. The number of benzene rings is 3. The van der Waals surface area contributed by atoms with Crippen molar-refractivity contribution in [1.82, 2.24) is 10.3 Å². The lowest BCUT2D eigenvalue weighted by molar-refractivity contribution is -0.123. The Balaban J connectivity index is 1.47. The number of nitrogens with one attached hydrogen (secondary N) is 2. The van der Waals surface area contributed by atoms with Gasteiger partial charge in [-0.2, -0.15) is 0 Å². The van der Waals surface area contributed by atoms with Gasteiger partial charge in [0, 0.05) is 34.0 Å². The number of halogens is 1. The standard InChI is InChI=1S/C25H23BrN2O3/c1-30-19-10-12-20(13-11-19)31-16-25(29)28-14-22(17-6-8-18(26)9-7-17)23-15-27-24-5-3-2-4-21(23)24/h2-13,15,22,27H,14,16H2,1H3,(H,28,29)/t22-/m1/s1. The quantitative estimate of drug-likeness (QED) is 0.362. The van der Waals surface area contributed by atoms with Gasteiger partial charge in [-0.3, -0.25) is 4.79 Å². The van der Waals surface area contributed by atoms with Crippen LogP contribution in [0.5, 0.6) is 11.5 Å². The molecule has 0 bridgehead atoms. The maximum atomic E-state index is 12.5. The molecule has 4 aromatic rings. The zero-order valence-corrected chi connectivity index (χ0v) is 18.7. The van der Waals surface area contributed by atoms with E-state index in [1.165, 1.54) is 0 Å². The first-order valence-corrected chi connectivity index (χ1v) is 10.8. The van der Waals surface area contributed by atoms with Crippen LogP contribution in [0, 0.1) is 0 Å². The molecular formula is C25H23BrN2O3. The molecule has 0 aliphatic heterocycles. The fraction of sp³-hybridized carbons (Fsp3) is 0.160. The van der Waals surface area contributed by atoms with Gasteiger partial charge in [-0.25, -0.2) is 0 Å². The van der Waals surface area contributed by atoms with Crippen LogP contribution in [0.2, 0.25) is 0 Å². The highest BCUT2D eigenvalue weighted by Crippen LogP contribution is 2.31. The fourth-order valence-corrected chi connectivity index (χ4v) is 3.84. The van der Waals surface area contributed by atoms with E-state index in [1.54, 1.807) is 31.4 Å². The van der Waals surface area contributed by atoms with Gasteiger partial charge in [0.2, 0.25) is 0 Å². The van der Waals surface area contributed by atoms with Crippen molar-refractivity contribution < 1.29 is 14.3 Å². The molecule has 2 N–H and O–H groups in total. The first-order chi connectivity index (χ1) is 15.1. The summed E-state index contributed by atoms with van der Waals surface area (Å²) in [6.45, 7) is 0.418. The summed E-state index contributed by atoms with van der Waals surface area (Å²) < 4.78 is 11.8. The molecule has 31 heavy (non-hydrogen) atoms. The normalized spacial score (nSPS) is 11.8. The molecule has 0 saturated heterocycles. The van der Waals surface area contributed by atoms with Crippen molar-refractivity contribution in [2.75, 3.05) is 20.3 Å². The van der Waals surface area contributed by atoms with Crippen LogP contribution in [-0.2, 0) is 4.79 Å². The van der Waals surface area contributed by atoms with E-state index in [4.69, 9.17) is 9.47 Å². The number of ether oxygens (including phenoxy) is 2. The van der Waals surface area contributed by atoms with Crippen LogP contribution >= 0.6 is 15.9 Å². The van der Waals surface area contributed by atoms with Crippen molar-refractivity contribution in [3.05, 3.63) is 94.6 Å². The van der Waals surface area contributed by atoms with Crippen molar-refractivity contribution in [3.8, 4) is 11.5 Å². The van der Waals surface area contributed by atoms with Crippen molar-refractivity contribution in [2.45, 2.75) is 5.92 Å². The van der Waals surface area contributed by atoms with E-state index in [9.17, 15) is 4.79 Å². The summed E-state index contributed by atoms with van der Waals surface area (Å²) in [5.74, 6) is 1.21. The van der Waals surface area contributed by atoms with Gasteiger partial charge in [-0.15, -0.1) is 0 Å². The topological polar surface area (TPSA) is 63.4 Å². The molecule has 1 amide bonds. The highest BCUT2D eigenvalue weighted by atomic mass is 79.9. The molecule has 1 aromatic heterocycles. The number of amides is 1. The van der Waals surface area contributed by atoms with Crippen molar-refractivity contribution in [2.24, 2.45) is 0 Å². The number of hydrogen-bond donors (Lipinski definition) is 2. The number of aromatic amines is 1. The van der Waals surface area contributed by atoms with Gasteiger partial charge in [-0.1, -0.05) is 46.3 Å². The lowest BCUT2D eigenvalue weighted by Gasteiger charge is -2.18. The Morgan fingerprint density at radius 2 is 1.71 bits per heavy atom. The minimum atomic E-state index is -0.169. The number of rotatable bonds is 8. The molecule has 6 heteroatoms. The molecule has 3 aromatic carbocycles. The summed E-state index contributed by atoms with van der Waals surface area (Å²) in [6.07, 6.45) is 2.03. The Morgan fingerprint density at radius 3 is 2.45 bits per heavy atom. The zero-order chi connectivity index (χ0) is 21.6. The van der Waals surface area contributed by atoms with Crippen molar-refractivity contribution in [1.29, 1.82) is 0 Å². The predicted molar refractivity (Wildman–Crippen MR) is 126 cm³/mol. The Labute approximate surface area is 189 Å². The molecule has 0 aliphatic carbocycles. The maximum Gasteiger partial charge on any atom is 0.257 e. The minimum absolute atomic E-state index is 0.00851. The van der Waals surface area contributed by atoms with Crippen LogP contribution in [0.3, 0.4) is 0 Å². The SMILES string of the molecule is COc1ccc(OCC(=O)NC[C@H](c2ccc(Br)cc2)c2c[nH]c3ccccc23)cc1. The largest absolute Gasteiger partial charge is 0.497 e. The molecule has 1 atom stereocenters. The van der Waals surface area contributed by atoms with Gasteiger partial charge < -0.3 is 19.8 Å². The second kappa shape index (κ2) is 9.71.